The van der Waals surface area contributed by atoms with Crippen molar-refractivity contribution in [2.24, 2.45) is 13.0 Å². The first-order valence-corrected chi connectivity index (χ1v) is 9.95. The number of carbonyl (C=O) groups excluding carboxylic acids is 1. The molecule has 4 rings (SSSR count). The van der Waals surface area contributed by atoms with Crippen LogP contribution in [0.2, 0.25) is 0 Å². The van der Waals surface area contributed by atoms with Gasteiger partial charge in [0.05, 0.1) is 17.3 Å². The van der Waals surface area contributed by atoms with Crippen LogP contribution in [0, 0.1) is 19.8 Å². The maximum atomic E-state index is 13.8. The van der Waals surface area contributed by atoms with E-state index in [1.165, 1.54) is 0 Å². The van der Waals surface area contributed by atoms with Crippen LogP contribution in [-0.4, -0.2) is 31.5 Å². The van der Waals surface area contributed by atoms with Crippen molar-refractivity contribution in [2.45, 2.75) is 40.3 Å². The fraction of sp³-hybridized carbons (Fsp3) is 0.391. The number of rotatable bonds is 3. The second kappa shape index (κ2) is 6.97. The molecule has 1 aliphatic rings. The normalized spacial score (nSPS) is 16.5. The molecule has 0 bridgehead atoms. The summed E-state index contributed by atoms with van der Waals surface area (Å²) in [6.07, 6.45) is 3.85. The van der Waals surface area contributed by atoms with Gasteiger partial charge in [0.2, 0.25) is 0 Å². The van der Waals surface area contributed by atoms with E-state index in [-0.39, 0.29) is 11.9 Å². The molecule has 3 aromatic rings. The molecule has 0 N–H and O–H groups in total. The Kier molecular flexibility index (Phi) is 4.61. The molecule has 0 fully saturated rings. The van der Waals surface area contributed by atoms with Gasteiger partial charge in [0.25, 0.3) is 5.91 Å². The van der Waals surface area contributed by atoms with Gasteiger partial charge in [0.1, 0.15) is 5.82 Å². The Bertz CT molecular complexity index is 1010. The van der Waals surface area contributed by atoms with E-state index in [1.54, 1.807) is 0 Å². The third-order valence-electron chi connectivity index (χ3n) is 6.01. The minimum Gasteiger partial charge on any atom is -0.347 e. The summed E-state index contributed by atoms with van der Waals surface area (Å²) >= 11 is 0. The molecule has 2 aromatic heterocycles. The topological polar surface area (TPSA) is 43.1 Å². The summed E-state index contributed by atoms with van der Waals surface area (Å²) in [5, 5.41) is 0. The highest BCUT2D eigenvalue weighted by atomic mass is 16.2. The molecule has 0 saturated carbocycles. The predicted molar refractivity (Wildman–Crippen MR) is 111 cm³/mol. The zero-order valence-electron chi connectivity index (χ0n) is 17.3. The van der Waals surface area contributed by atoms with Crippen LogP contribution in [0.25, 0.3) is 11.3 Å². The van der Waals surface area contributed by atoms with Gasteiger partial charge in [-0.25, -0.2) is 4.98 Å². The average molecular weight is 377 g/mol. The molecule has 0 aliphatic carbocycles. The fourth-order valence-corrected chi connectivity index (χ4v) is 4.60. The number of nitrogens with zero attached hydrogens (tertiary/aromatic N) is 4. The maximum Gasteiger partial charge on any atom is 0.256 e. The average Bonchev–Trinajstić information content (AvgIpc) is 3.24. The van der Waals surface area contributed by atoms with Crippen LogP contribution >= 0.6 is 0 Å². The molecular weight excluding hydrogens is 348 g/mol. The Hall–Kier alpha value is -2.82. The number of amides is 1. The Morgan fingerprint density at radius 1 is 1.14 bits per heavy atom. The first kappa shape index (κ1) is 18.5. The van der Waals surface area contributed by atoms with E-state index in [4.69, 9.17) is 0 Å². The van der Waals surface area contributed by atoms with Gasteiger partial charge < -0.3 is 14.0 Å². The highest BCUT2D eigenvalue weighted by molar-refractivity contribution is 5.99. The van der Waals surface area contributed by atoms with Crippen molar-refractivity contribution in [1.29, 1.82) is 0 Å². The third-order valence-corrected chi connectivity index (χ3v) is 6.01. The van der Waals surface area contributed by atoms with Crippen LogP contribution < -0.4 is 0 Å². The number of carbonyl (C=O) groups is 1. The predicted octanol–water partition coefficient (Wildman–Crippen LogP) is 4.36. The van der Waals surface area contributed by atoms with E-state index in [2.05, 4.69) is 47.0 Å². The highest BCUT2D eigenvalue weighted by Gasteiger charge is 2.36. The van der Waals surface area contributed by atoms with Gasteiger partial charge >= 0.3 is 0 Å². The largest absolute Gasteiger partial charge is 0.347 e. The monoisotopic (exact) mass is 376 g/mol. The highest BCUT2D eigenvalue weighted by Crippen LogP contribution is 2.36. The fourth-order valence-electron chi connectivity index (χ4n) is 4.60. The van der Waals surface area contributed by atoms with E-state index in [0.29, 0.717) is 12.5 Å². The summed E-state index contributed by atoms with van der Waals surface area (Å²) in [6.45, 7) is 9.94. The van der Waals surface area contributed by atoms with Crippen molar-refractivity contribution in [2.75, 3.05) is 6.54 Å². The number of aromatic nitrogens is 3. The quantitative estimate of drug-likeness (QED) is 0.682. The summed E-state index contributed by atoms with van der Waals surface area (Å²) in [5.41, 5.74) is 5.14. The van der Waals surface area contributed by atoms with Crippen molar-refractivity contribution < 1.29 is 4.79 Å². The van der Waals surface area contributed by atoms with Crippen molar-refractivity contribution in [1.82, 2.24) is 19.0 Å². The molecule has 28 heavy (non-hydrogen) atoms. The van der Waals surface area contributed by atoms with Crippen molar-refractivity contribution >= 4 is 5.91 Å². The molecule has 1 aliphatic heterocycles. The van der Waals surface area contributed by atoms with E-state index in [0.717, 1.165) is 40.4 Å². The Morgan fingerprint density at radius 2 is 1.86 bits per heavy atom. The standard InChI is InChI=1S/C23H28N4O/c1-15(2)20-22-24-11-12-26(22)13-14-27(20)23(28)19-16(3)21(25(5)17(19)4)18-9-7-6-8-10-18/h6-12,15,20H,13-14H2,1-5H3/t20-/m0/s1. The van der Waals surface area contributed by atoms with Gasteiger partial charge in [-0.05, 0) is 30.9 Å². The molecule has 3 heterocycles. The van der Waals surface area contributed by atoms with Crippen LogP contribution in [0.5, 0.6) is 0 Å². The molecule has 5 heteroatoms. The Morgan fingerprint density at radius 3 is 2.54 bits per heavy atom. The van der Waals surface area contributed by atoms with Gasteiger partial charge in [-0.1, -0.05) is 44.2 Å². The lowest BCUT2D eigenvalue weighted by molar-refractivity contribution is 0.0545. The Balaban J connectivity index is 1.79. The summed E-state index contributed by atoms with van der Waals surface area (Å²) in [7, 11) is 2.05. The second-order valence-corrected chi connectivity index (χ2v) is 8.03. The summed E-state index contributed by atoms with van der Waals surface area (Å²) in [4.78, 5) is 20.4. The Labute approximate surface area is 166 Å². The van der Waals surface area contributed by atoms with Crippen LogP contribution in [0.3, 0.4) is 0 Å². The lowest BCUT2D eigenvalue weighted by Gasteiger charge is -2.38. The van der Waals surface area contributed by atoms with E-state index >= 15 is 0 Å². The first-order valence-electron chi connectivity index (χ1n) is 9.95. The number of hydrogen-bond acceptors (Lipinski definition) is 2. The van der Waals surface area contributed by atoms with Crippen LogP contribution in [0.15, 0.2) is 42.7 Å². The van der Waals surface area contributed by atoms with Gasteiger partial charge in [0, 0.05) is 38.2 Å². The third kappa shape index (κ3) is 2.77. The number of hydrogen-bond donors (Lipinski definition) is 0. The molecule has 1 amide bonds. The van der Waals surface area contributed by atoms with E-state index in [9.17, 15) is 4.79 Å². The number of fused-ring (bicyclic) bond motifs is 1. The van der Waals surface area contributed by atoms with Crippen molar-refractivity contribution in [3.05, 3.63) is 65.4 Å². The molecule has 1 aromatic carbocycles. The summed E-state index contributed by atoms with van der Waals surface area (Å²) < 4.78 is 4.32. The van der Waals surface area contributed by atoms with Crippen LogP contribution in [-0.2, 0) is 13.6 Å². The van der Waals surface area contributed by atoms with E-state index < -0.39 is 0 Å². The zero-order valence-corrected chi connectivity index (χ0v) is 17.3. The van der Waals surface area contributed by atoms with E-state index in [1.807, 2.05) is 49.5 Å². The second-order valence-electron chi connectivity index (χ2n) is 8.03. The lowest BCUT2D eigenvalue weighted by Crippen LogP contribution is -2.44. The summed E-state index contributed by atoms with van der Waals surface area (Å²) in [6, 6.07) is 10.3. The lowest BCUT2D eigenvalue weighted by atomic mass is 9.97. The molecule has 0 saturated heterocycles. The van der Waals surface area contributed by atoms with Gasteiger partial charge in [-0.15, -0.1) is 0 Å². The maximum absolute atomic E-state index is 13.8. The van der Waals surface area contributed by atoms with Crippen LogP contribution in [0.1, 0.15) is 47.3 Å². The number of benzene rings is 1. The first-order chi connectivity index (χ1) is 13.4. The molecule has 0 radical (unpaired) electrons. The zero-order chi connectivity index (χ0) is 20.0. The molecule has 0 spiro atoms. The van der Waals surface area contributed by atoms with Crippen LogP contribution in [0.4, 0.5) is 0 Å². The molecule has 0 unspecified atom stereocenters. The SMILES string of the molecule is Cc1c(C(=O)N2CCn3ccnc3[C@@H]2C(C)C)c(C)n(C)c1-c1ccccc1. The molecule has 146 valence electrons. The molecule has 1 atom stereocenters. The van der Waals surface area contributed by atoms with Crippen molar-refractivity contribution in [3.63, 3.8) is 0 Å². The molecular formula is C23H28N4O. The van der Waals surface area contributed by atoms with Crippen molar-refractivity contribution in [3.8, 4) is 11.3 Å². The van der Waals surface area contributed by atoms with Gasteiger partial charge in [-0.3, -0.25) is 4.79 Å². The number of imidazole rings is 1. The van der Waals surface area contributed by atoms with Gasteiger partial charge in [-0.2, -0.15) is 0 Å². The minimum atomic E-state index is -0.00423. The summed E-state index contributed by atoms with van der Waals surface area (Å²) in [5.74, 6) is 1.40. The smallest absolute Gasteiger partial charge is 0.256 e. The molecule has 5 nitrogen and oxygen atoms in total. The van der Waals surface area contributed by atoms with Gasteiger partial charge in [0.15, 0.2) is 0 Å². The minimum absolute atomic E-state index is 0.00423.